The fraction of sp³-hybridized carbons (Fsp3) is 0.200. The summed E-state index contributed by atoms with van der Waals surface area (Å²) >= 11 is 0.939. The summed E-state index contributed by atoms with van der Waals surface area (Å²) in [5.74, 6) is -1.53. The maximum absolute atomic E-state index is 12.2. The largest absolute Gasteiger partial charge is 0.460 e. The molecule has 0 aliphatic rings. The van der Waals surface area contributed by atoms with Gasteiger partial charge in [0.15, 0.2) is 0 Å². The van der Waals surface area contributed by atoms with Gasteiger partial charge in [-0.15, -0.1) is 11.3 Å². The van der Waals surface area contributed by atoms with Gasteiger partial charge in [0, 0.05) is 0 Å². The summed E-state index contributed by atoms with van der Waals surface area (Å²) in [6.45, 7) is -3.29. The summed E-state index contributed by atoms with van der Waals surface area (Å²) in [6.07, 6.45) is 0. The Labute approximate surface area is 134 Å². The molecule has 1 aromatic heterocycles. The summed E-state index contributed by atoms with van der Waals surface area (Å²) in [5, 5.41) is 3.75. The first-order valence-corrected chi connectivity index (χ1v) is 7.44. The molecule has 0 bridgehead atoms. The number of benzene rings is 1. The van der Waals surface area contributed by atoms with Gasteiger partial charge in [-0.1, -0.05) is 30.3 Å². The van der Waals surface area contributed by atoms with Gasteiger partial charge in [0.05, 0.1) is 0 Å². The van der Waals surface area contributed by atoms with Crippen molar-refractivity contribution in [2.24, 2.45) is 0 Å². The van der Waals surface area contributed by atoms with Gasteiger partial charge in [-0.05, 0) is 17.0 Å². The summed E-state index contributed by atoms with van der Waals surface area (Å²) < 4.78 is 33.6. The van der Waals surface area contributed by atoms with E-state index < -0.39 is 18.5 Å². The van der Waals surface area contributed by atoms with Crippen molar-refractivity contribution in [3.8, 4) is 5.75 Å². The third kappa shape index (κ3) is 5.33. The maximum atomic E-state index is 12.2. The van der Waals surface area contributed by atoms with Gasteiger partial charge in [0.25, 0.3) is 5.91 Å². The number of carbonyl (C=O) groups excluding carboxylic acids is 2. The number of halogens is 2. The normalized spacial score (nSPS) is 10.4. The van der Waals surface area contributed by atoms with Gasteiger partial charge < -0.3 is 14.8 Å². The van der Waals surface area contributed by atoms with Crippen molar-refractivity contribution in [3.05, 3.63) is 52.2 Å². The number of ether oxygens (including phenoxy) is 2. The van der Waals surface area contributed by atoms with Crippen LogP contribution < -0.4 is 10.1 Å². The Kier molecular flexibility index (Phi) is 6.04. The Morgan fingerprint density at radius 2 is 1.91 bits per heavy atom. The van der Waals surface area contributed by atoms with Crippen LogP contribution in [-0.4, -0.2) is 25.0 Å². The molecular formula is C15H13F2NO4S. The standard InChI is InChI=1S/C15H13F2NO4S/c16-15(17)22-11-6-7-23-13(11)14(20)18-8-12(19)21-9-10-4-2-1-3-5-10/h1-7,15H,8-9H2,(H,18,20). The Hall–Kier alpha value is -2.48. The van der Waals surface area contributed by atoms with Crippen molar-refractivity contribution in [1.29, 1.82) is 0 Å². The lowest BCUT2D eigenvalue weighted by atomic mass is 10.2. The molecule has 5 nitrogen and oxygen atoms in total. The Morgan fingerprint density at radius 1 is 1.17 bits per heavy atom. The molecule has 1 aromatic carbocycles. The predicted octanol–water partition coefficient (Wildman–Crippen LogP) is 2.82. The van der Waals surface area contributed by atoms with Crippen LogP contribution >= 0.6 is 11.3 Å². The molecule has 0 atom stereocenters. The first-order chi connectivity index (χ1) is 11.1. The van der Waals surface area contributed by atoms with Crippen LogP contribution in [0.2, 0.25) is 0 Å². The molecular weight excluding hydrogens is 328 g/mol. The highest BCUT2D eigenvalue weighted by Crippen LogP contribution is 2.26. The lowest BCUT2D eigenvalue weighted by Gasteiger charge is -2.07. The van der Waals surface area contributed by atoms with Gasteiger partial charge in [-0.25, -0.2) is 0 Å². The van der Waals surface area contributed by atoms with Gasteiger partial charge in [-0.2, -0.15) is 8.78 Å². The first kappa shape index (κ1) is 16.9. The molecule has 0 aliphatic carbocycles. The van der Waals surface area contributed by atoms with E-state index in [9.17, 15) is 18.4 Å². The number of hydrogen-bond donors (Lipinski definition) is 1. The molecule has 122 valence electrons. The molecule has 0 aliphatic heterocycles. The Bertz CT molecular complexity index is 661. The fourth-order valence-electron chi connectivity index (χ4n) is 1.67. The maximum Gasteiger partial charge on any atom is 0.387 e. The van der Waals surface area contributed by atoms with Crippen LogP contribution in [0.3, 0.4) is 0 Å². The number of nitrogens with one attached hydrogen (secondary N) is 1. The molecule has 0 radical (unpaired) electrons. The van der Waals surface area contributed by atoms with Crippen molar-refractivity contribution in [1.82, 2.24) is 5.32 Å². The predicted molar refractivity (Wildman–Crippen MR) is 79.5 cm³/mol. The van der Waals surface area contributed by atoms with Crippen LogP contribution in [0, 0.1) is 0 Å². The van der Waals surface area contributed by atoms with Crippen molar-refractivity contribution in [3.63, 3.8) is 0 Å². The molecule has 2 rings (SSSR count). The van der Waals surface area contributed by atoms with E-state index in [1.165, 1.54) is 11.4 Å². The summed E-state index contributed by atoms with van der Waals surface area (Å²) in [7, 11) is 0. The van der Waals surface area contributed by atoms with Crippen LogP contribution in [0.25, 0.3) is 0 Å². The minimum absolute atomic E-state index is 0.0267. The molecule has 8 heteroatoms. The van der Waals surface area contributed by atoms with Crippen LogP contribution in [0.4, 0.5) is 8.78 Å². The number of rotatable bonds is 7. The van der Waals surface area contributed by atoms with Gasteiger partial charge in [0.1, 0.15) is 23.8 Å². The van der Waals surface area contributed by atoms with Gasteiger partial charge >= 0.3 is 12.6 Å². The van der Waals surface area contributed by atoms with Crippen LogP contribution in [0.1, 0.15) is 15.2 Å². The summed E-state index contributed by atoms with van der Waals surface area (Å²) in [5.41, 5.74) is 0.818. The van der Waals surface area contributed by atoms with Crippen LogP contribution in [0.5, 0.6) is 5.75 Å². The first-order valence-electron chi connectivity index (χ1n) is 6.56. The third-order valence-electron chi connectivity index (χ3n) is 2.69. The monoisotopic (exact) mass is 341 g/mol. The van der Waals surface area contributed by atoms with Crippen LogP contribution in [0.15, 0.2) is 41.8 Å². The van der Waals surface area contributed by atoms with Crippen molar-refractivity contribution < 1.29 is 27.8 Å². The molecule has 23 heavy (non-hydrogen) atoms. The molecule has 0 unspecified atom stereocenters. The van der Waals surface area contributed by atoms with E-state index in [0.717, 1.165) is 16.9 Å². The molecule has 0 fully saturated rings. The van der Waals surface area contributed by atoms with E-state index >= 15 is 0 Å². The van der Waals surface area contributed by atoms with E-state index in [1.54, 1.807) is 12.1 Å². The molecule has 0 spiro atoms. The van der Waals surface area contributed by atoms with E-state index in [1.807, 2.05) is 18.2 Å². The highest BCUT2D eigenvalue weighted by atomic mass is 32.1. The number of amides is 1. The van der Waals surface area contributed by atoms with Crippen LogP contribution in [-0.2, 0) is 16.1 Å². The second kappa shape index (κ2) is 8.23. The molecule has 0 saturated heterocycles. The average Bonchev–Trinajstić information content (AvgIpc) is 2.99. The smallest absolute Gasteiger partial charge is 0.387 e. The van der Waals surface area contributed by atoms with Gasteiger partial charge in [0.2, 0.25) is 0 Å². The SMILES string of the molecule is O=C(CNC(=O)c1sccc1OC(F)F)OCc1ccccc1. The van der Waals surface area contributed by atoms with Crippen molar-refractivity contribution >= 4 is 23.2 Å². The zero-order valence-electron chi connectivity index (χ0n) is 11.8. The second-order valence-electron chi connectivity index (χ2n) is 4.32. The molecule has 1 heterocycles. The lowest BCUT2D eigenvalue weighted by molar-refractivity contribution is -0.143. The molecule has 0 saturated carbocycles. The number of thiophene rings is 1. The summed E-state index contributed by atoms with van der Waals surface area (Å²) in [6, 6.07) is 10.3. The quantitative estimate of drug-likeness (QED) is 0.787. The lowest BCUT2D eigenvalue weighted by Crippen LogP contribution is -2.30. The topological polar surface area (TPSA) is 64.6 Å². The fourth-order valence-corrected chi connectivity index (χ4v) is 2.41. The van der Waals surface area contributed by atoms with E-state index in [0.29, 0.717) is 0 Å². The molecule has 1 amide bonds. The second-order valence-corrected chi connectivity index (χ2v) is 5.24. The van der Waals surface area contributed by atoms with Crippen molar-refractivity contribution in [2.75, 3.05) is 6.54 Å². The number of esters is 1. The zero-order valence-corrected chi connectivity index (χ0v) is 12.6. The number of carbonyl (C=O) groups is 2. The van der Waals surface area contributed by atoms with E-state index in [4.69, 9.17) is 4.74 Å². The number of alkyl halides is 2. The van der Waals surface area contributed by atoms with Gasteiger partial charge in [-0.3, -0.25) is 9.59 Å². The Morgan fingerprint density at radius 3 is 2.61 bits per heavy atom. The third-order valence-corrected chi connectivity index (χ3v) is 3.58. The van der Waals surface area contributed by atoms with E-state index in [-0.39, 0.29) is 23.8 Å². The minimum atomic E-state index is -3.02. The minimum Gasteiger partial charge on any atom is -0.460 e. The molecule has 1 N–H and O–H groups in total. The van der Waals surface area contributed by atoms with Crippen molar-refractivity contribution in [2.45, 2.75) is 13.2 Å². The Balaban J connectivity index is 1.80. The van der Waals surface area contributed by atoms with E-state index in [2.05, 4.69) is 10.1 Å². The highest BCUT2D eigenvalue weighted by Gasteiger charge is 2.18. The number of hydrogen-bond acceptors (Lipinski definition) is 5. The average molecular weight is 341 g/mol. The summed E-state index contributed by atoms with van der Waals surface area (Å²) in [4.78, 5) is 23.4. The highest BCUT2D eigenvalue weighted by molar-refractivity contribution is 7.12. The molecule has 2 aromatic rings. The zero-order chi connectivity index (χ0) is 16.7.